The quantitative estimate of drug-likeness (QED) is 0.136. The number of fused-ring (bicyclic) bond motifs is 18. The lowest BCUT2D eigenvalue weighted by atomic mass is 9.70. The molecule has 0 saturated carbocycles. The first-order valence-corrected chi connectivity index (χ1v) is 30.6. The Bertz CT molecular complexity index is 5180. The van der Waals surface area contributed by atoms with Crippen molar-refractivity contribution in [3.63, 3.8) is 0 Å². The van der Waals surface area contributed by atoms with Crippen LogP contribution in [-0.4, -0.2) is 0 Å². The van der Waals surface area contributed by atoms with Crippen LogP contribution < -0.4 is 9.80 Å². The molecule has 0 fully saturated rings. The van der Waals surface area contributed by atoms with Crippen LogP contribution in [0.3, 0.4) is 0 Å². The molecule has 0 bridgehead atoms. The van der Waals surface area contributed by atoms with Crippen molar-refractivity contribution in [2.75, 3.05) is 9.80 Å². The Kier molecular flexibility index (Phi) is 11.6. The van der Waals surface area contributed by atoms with Crippen LogP contribution in [0.4, 0.5) is 34.1 Å². The third kappa shape index (κ3) is 7.68. The fourth-order valence-corrected chi connectivity index (χ4v) is 15.0. The number of hydrogen-bond donors (Lipinski definition) is 0. The topological polar surface area (TPSA) is 19.6 Å². The van der Waals surface area contributed by atoms with Gasteiger partial charge in [0.2, 0.25) is 0 Å². The van der Waals surface area contributed by atoms with Gasteiger partial charge in [0, 0.05) is 39.1 Å². The maximum Gasteiger partial charge on any atom is 0.145 e. The van der Waals surface area contributed by atoms with E-state index in [-0.39, 0.29) is 0 Å². The number of hydrogen-bond acceptors (Lipinski definition) is 3. The average molecular weight is 1110 g/mol. The predicted octanol–water partition coefficient (Wildman–Crippen LogP) is 23.3. The normalized spacial score (nSPS) is 12.8. The van der Waals surface area contributed by atoms with Crippen LogP contribution >= 0.6 is 0 Å². The van der Waals surface area contributed by atoms with Gasteiger partial charge in [0.1, 0.15) is 11.2 Å². The molecule has 87 heavy (non-hydrogen) atoms. The number of furan rings is 1. The number of anilines is 6. The molecule has 3 heteroatoms. The molecule has 1 heterocycles. The van der Waals surface area contributed by atoms with Crippen LogP contribution in [0.2, 0.25) is 0 Å². The molecule has 0 atom stereocenters. The summed E-state index contributed by atoms with van der Waals surface area (Å²) in [6, 6.07) is 109. The van der Waals surface area contributed by atoms with Gasteiger partial charge in [-0.05, 0) is 178 Å². The molecule has 1 aromatic heterocycles. The summed E-state index contributed by atoms with van der Waals surface area (Å²) in [4.78, 5) is 5.04. The molecule has 15 aromatic rings. The lowest BCUT2D eigenvalue weighted by molar-refractivity contribution is 0.669. The van der Waals surface area contributed by atoms with Crippen molar-refractivity contribution in [1.82, 2.24) is 0 Å². The number of benzene rings is 14. The summed E-state index contributed by atoms with van der Waals surface area (Å²) in [6.45, 7) is 6.78. The minimum Gasteiger partial charge on any atom is -0.455 e. The van der Waals surface area contributed by atoms with Gasteiger partial charge in [-0.25, -0.2) is 0 Å². The Balaban J connectivity index is 0.989. The molecule has 0 aliphatic heterocycles. The number of aryl methyl sites for hydroxylation is 1. The first-order valence-electron chi connectivity index (χ1n) is 30.6. The highest BCUT2D eigenvalue weighted by Gasteiger charge is 2.54. The molecule has 0 saturated heterocycles. The van der Waals surface area contributed by atoms with E-state index >= 15 is 0 Å². The lowest BCUT2D eigenvalue weighted by Crippen LogP contribution is -2.26. The van der Waals surface area contributed by atoms with Crippen LogP contribution in [0.1, 0.15) is 60.1 Å². The van der Waals surface area contributed by atoms with Gasteiger partial charge in [0.15, 0.2) is 0 Å². The van der Waals surface area contributed by atoms with E-state index in [1.807, 2.05) is 0 Å². The molecule has 14 aromatic carbocycles. The van der Waals surface area contributed by atoms with Gasteiger partial charge in [-0.1, -0.05) is 245 Å². The van der Waals surface area contributed by atoms with Gasteiger partial charge in [0.25, 0.3) is 0 Å². The first kappa shape index (κ1) is 50.7. The van der Waals surface area contributed by atoms with Crippen LogP contribution in [0, 0.1) is 0 Å². The smallest absolute Gasteiger partial charge is 0.145 e. The lowest BCUT2D eigenvalue weighted by Gasteiger charge is -2.34. The maximum absolute atomic E-state index is 7.61. The van der Waals surface area contributed by atoms with Crippen molar-refractivity contribution in [2.24, 2.45) is 0 Å². The molecule has 0 unspecified atom stereocenters. The van der Waals surface area contributed by atoms with Crippen molar-refractivity contribution in [3.05, 3.63) is 325 Å². The zero-order valence-corrected chi connectivity index (χ0v) is 48.8. The Hall–Kier alpha value is -10.7. The number of nitrogens with zero attached hydrogens (tertiary/aromatic N) is 2. The third-order valence-electron chi connectivity index (χ3n) is 19.0. The van der Waals surface area contributed by atoms with E-state index in [0.717, 1.165) is 73.4 Å². The predicted molar refractivity (Wildman–Crippen MR) is 366 cm³/mol. The second kappa shape index (κ2) is 19.9. The summed E-state index contributed by atoms with van der Waals surface area (Å²) in [5.41, 5.74) is 24.7. The molecule has 0 amide bonds. The van der Waals surface area contributed by atoms with E-state index < -0.39 is 5.41 Å². The molecular formula is C84H60N2O. The highest BCUT2D eigenvalue weighted by atomic mass is 16.3. The Labute approximate surface area is 507 Å². The van der Waals surface area contributed by atoms with E-state index in [4.69, 9.17) is 4.42 Å². The van der Waals surface area contributed by atoms with Crippen LogP contribution in [0.5, 0.6) is 0 Å². The fraction of sp³-hybridized carbons (Fsp3) is 0.0714. The summed E-state index contributed by atoms with van der Waals surface area (Å²) in [6.07, 6.45) is 0.945. The zero-order valence-electron chi connectivity index (χ0n) is 48.8. The van der Waals surface area contributed by atoms with E-state index in [1.165, 1.54) is 99.3 Å². The zero-order chi connectivity index (χ0) is 57.9. The molecular weight excluding hydrogens is 1050 g/mol. The van der Waals surface area contributed by atoms with Gasteiger partial charge in [-0.2, -0.15) is 0 Å². The summed E-state index contributed by atoms with van der Waals surface area (Å²) < 4.78 is 7.61. The number of rotatable bonds is 10. The van der Waals surface area contributed by atoms with E-state index in [0.29, 0.717) is 5.92 Å². The Morgan fingerprint density at radius 1 is 0.356 bits per heavy atom. The van der Waals surface area contributed by atoms with Gasteiger partial charge in [-0.3, -0.25) is 0 Å². The SMILES string of the molecule is CCc1ccc(N(c2ccc3c(-c4ccccc4)cccc3c2)c2cc3c(c4oc5ccccc5c24)-c2c(cc(N(c4ccc(C(C)C)cc4)c4ccc5c(-c6ccccc6)cccc5c4)c4ccccc24)C32c3ccccc3-c3ccccc32)cc1. The van der Waals surface area contributed by atoms with E-state index in [1.54, 1.807) is 0 Å². The molecule has 17 rings (SSSR count). The van der Waals surface area contributed by atoms with Gasteiger partial charge in [-0.15, -0.1) is 0 Å². The van der Waals surface area contributed by atoms with E-state index in [2.05, 4.69) is 322 Å². The Morgan fingerprint density at radius 2 is 0.828 bits per heavy atom. The minimum absolute atomic E-state index is 0.381. The number of para-hydroxylation sites is 1. The summed E-state index contributed by atoms with van der Waals surface area (Å²) in [7, 11) is 0. The second-order valence-corrected chi connectivity index (χ2v) is 23.9. The molecule has 0 radical (unpaired) electrons. The van der Waals surface area contributed by atoms with Crippen molar-refractivity contribution in [3.8, 4) is 44.5 Å². The van der Waals surface area contributed by atoms with Crippen LogP contribution in [0.25, 0.3) is 98.8 Å². The molecule has 2 aliphatic rings. The molecule has 3 nitrogen and oxygen atoms in total. The Morgan fingerprint density at radius 3 is 1.41 bits per heavy atom. The van der Waals surface area contributed by atoms with Crippen molar-refractivity contribution >= 4 is 88.4 Å². The maximum atomic E-state index is 7.61. The van der Waals surface area contributed by atoms with Crippen molar-refractivity contribution in [2.45, 2.75) is 38.5 Å². The summed E-state index contributed by atoms with van der Waals surface area (Å²) in [5.74, 6) is 0.381. The van der Waals surface area contributed by atoms with Crippen LogP contribution in [-0.2, 0) is 11.8 Å². The summed E-state index contributed by atoms with van der Waals surface area (Å²) >= 11 is 0. The third-order valence-corrected chi connectivity index (χ3v) is 19.0. The largest absolute Gasteiger partial charge is 0.455 e. The van der Waals surface area contributed by atoms with Crippen LogP contribution in [0.15, 0.2) is 296 Å². The standard InChI is InChI=1S/C84H60N2O/c1-4-54-37-41-60(42-38-54)86(63-46-48-67-59(50-63)26-20-33-65(67)57-23-9-6-10-24-57)78-52-76-82(83-81(78)72-31-15-18-36-79(72)87-83)80-71-30-12-11-29-70(71)77(51-75(80)84(76)73-34-16-13-27-68(73)69-28-14-17-35-74(69)84)85(61-43-39-55(40-44-61)53(2)3)62-45-47-66-58(49-62)25-19-32-64(66)56-21-7-5-8-22-56/h5-53H,4H2,1-3H3. The van der Waals surface area contributed by atoms with Gasteiger partial charge < -0.3 is 14.2 Å². The molecule has 1 spiro atoms. The van der Waals surface area contributed by atoms with E-state index in [9.17, 15) is 0 Å². The molecule has 0 N–H and O–H groups in total. The van der Waals surface area contributed by atoms with Gasteiger partial charge >= 0.3 is 0 Å². The summed E-state index contributed by atoms with van der Waals surface area (Å²) in [5, 5.41) is 9.27. The van der Waals surface area contributed by atoms with Crippen molar-refractivity contribution < 1.29 is 4.42 Å². The molecule has 412 valence electrons. The highest BCUT2D eigenvalue weighted by Crippen LogP contribution is 2.67. The fourth-order valence-electron chi connectivity index (χ4n) is 15.0. The highest BCUT2D eigenvalue weighted by molar-refractivity contribution is 6.23. The van der Waals surface area contributed by atoms with Gasteiger partial charge in [0.05, 0.1) is 22.2 Å². The molecule has 2 aliphatic carbocycles. The minimum atomic E-state index is -0.786. The second-order valence-electron chi connectivity index (χ2n) is 23.9. The van der Waals surface area contributed by atoms with Crippen molar-refractivity contribution in [1.29, 1.82) is 0 Å². The average Bonchev–Trinajstić information content (AvgIpc) is 1.52. The monoisotopic (exact) mass is 1110 g/mol. The first-order chi connectivity index (χ1) is 42.9.